The van der Waals surface area contributed by atoms with Gasteiger partial charge in [0.2, 0.25) is 0 Å². The van der Waals surface area contributed by atoms with Crippen molar-refractivity contribution in [2.45, 2.75) is 6.92 Å². The maximum atomic E-state index is 11.4. The van der Waals surface area contributed by atoms with Gasteiger partial charge >= 0.3 is 0 Å². The smallest absolute Gasteiger partial charge is 0.283 e. The molecule has 7 nitrogen and oxygen atoms in total. The molecule has 1 heterocycles. The van der Waals surface area contributed by atoms with Crippen molar-refractivity contribution in [3.63, 3.8) is 0 Å². The number of hydrogen-bond donors (Lipinski definition) is 3. The van der Waals surface area contributed by atoms with Crippen LogP contribution in [0.4, 0.5) is 0 Å². The zero-order valence-corrected chi connectivity index (χ0v) is 11.8. The molecule has 0 unspecified atom stereocenters. The predicted molar refractivity (Wildman–Crippen MR) is 77.7 cm³/mol. The molecule has 0 saturated carbocycles. The molecule has 4 N–H and O–H groups in total. The minimum atomic E-state index is -0.427. The fraction of sp³-hybridized carbons (Fsp3) is 0.286. The van der Waals surface area contributed by atoms with Crippen LogP contribution in [0.15, 0.2) is 30.3 Å². The molecule has 0 fully saturated rings. The number of nitrogen functional groups attached to an aromatic ring is 1. The molecule has 1 amide bonds. The third kappa shape index (κ3) is 3.80. The summed E-state index contributed by atoms with van der Waals surface area (Å²) in [5.74, 6) is 5.35. The predicted octanol–water partition coefficient (Wildman–Crippen LogP) is 1.10. The minimum Gasteiger partial charge on any atom is -0.490 e. The number of hydrazine groups is 1. The first-order valence-corrected chi connectivity index (χ1v) is 6.62. The summed E-state index contributed by atoms with van der Waals surface area (Å²) in [6, 6.07) is 9.09. The van der Waals surface area contributed by atoms with Gasteiger partial charge in [-0.15, -0.1) is 0 Å². The number of hydrogen-bond acceptors (Lipinski definition) is 5. The number of ether oxygens (including phenoxy) is 2. The highest BCUT2D eigenvalue weighted by atomic mass is 16.5. The molecule has 2 rings (SSSR count). The Kier molecular flexibility index (Phi) is 5.30. The molecule has 0 bridgehead atoms. The third-order valence-corrected chi connectivity index (χ3v) is 2.81. The van der Waals surface area contributed by atoms with Crippen LogP contribution in [-0.2, 0) is 4.74 Å². The van der Waals surface area contributed by atoms with Gasteiger partial charge in [0.25, 0.3) is 5.91 Å². The Labute approximate surface area is 122 Å². The largest absolute Gasteiger partial charge is 0.490 e. The van der Waals surface area contributed by atoms with E-state index >= 15 is 0 Å². The van der Waals surface area contributed by atoms with Crippen LogP contribution < -0.4 is 16.0 Å². The van der Waals surface area contributed by atoms with Crippen molar-refractivity contribution in [1.29, 1.82) is 0 Å². The lowest BCUT2D eigenvalue weighted by atomic mass is 10.1. The quantitative estimate of drug-likeness (QED) is 0.307. The van der Waals surface area contributed by atoms with Crippen LogP contribution in [0.3, 0.4) is 0 Å². The number of H-pyrrole nitrogens is 1. The van der Waals surface area contributed by atoms with Crippen LogP contribution in [0.25, 0.3) is 11.3 Å². The van der Waals surface area contributed by atoms with Gasteiger partial charge < -0.3 is 9.47 Å². The van der Waals surface area contributed by atoms with Crippen molar-refractivity contribution < 1.29 is 14.3 Å². The second kappa shape index (κ2) is 7.41. The van der Waals surface area contributed by atoms with Gasteiger partial charge in [-0.05, 0) is 25.1 Å². The summed E-state index contributed by atoms with van der Waals surface area (Å²) >= 11 is 0. The maximum absolute atomic E-state index is 11.4. The minimum absolute atomic E-state index is 0.289. The van der Waals surface area contributed by atoms with E-state index in [0.717, 1.165) is 5.56 Å². The van der Waals surface area contributed by atoms with E-state index in [1.807, 2.05) is 31.2 Å². The molecule has 112 valence electrons. The Hall–Kier alpha value is -2.38. The summed E-state index contributed by atoms with van der Waals surface area (Å²) < 4.78 is 10.9. The number of para-hydroxylation sites is 1. The number of carbonyl (C=O) groups is 1. The van der Waals surface area contributed by atoms with Gasteiger partial charge in [-0.2, -0.15) is 5.10 Å². The molecular formula is C14H18N4O3. The molecule has 0 saturated heterocycles. The SMILES string of the molecule is CCOCCOc1ccccc1-c1cc(C(=O)NN)[nH]n1. The van der Waals surface area contributed by atoms with Crippen molar-refractivity contribution in [2.75, 3.05) is 19.8 Å². The summed E-state index contributed by atoms with van der Waals surface area (Å²) in [7, 11) is 0. The summed E-state index contributed by atoms with van der Waals surface area (Å²) in [4.78, 5) is 11.4. The van der Waals surface area contributed by atoms with Gasteiger partial charge in [-0.1, -0.05) is 12.1 Å². The lowest BCUT2D eigenvalue weighted by molar-refractivity contribution is 0.0948. The normalized spacial score (nSPS) is 10.4. The van der Waals surface area contributed by atoms with Crippen molar-refractivity contribution in [3.05, 3.63) is 36.0 Å². The number of nitrogens with zero attached hydrogens (tertiary/aromatic N) is 1. The lowest BCUT2D eigenvalue weighted by Crippen LogP contribution is -2.30. The first-order valence-electron chi connectivity index (χ1n) is 6.62. The highest BCUT2D eigenvalue weighted by Gasteiger charge is 2.13. The summed E-state index contributed by atoms with van der Waals surface area (Å²) in [6.07, 6.45) is 0. The van der Waals surface area contributed by atoms with E-state index in [0.29, 0.717) is 31.3 Å². The monoisotopic (exact) mass is 290 g/mol. The van der Waals surface area contributed by atoms with Crippen molar-refractivity contribution in [1.82, 2.24) is 15.6 Å². The van der Waals surface area contributed by atoms with Gasteiger partial charge in [0, 0.05) is 12.2 Å². The maximum Gasteiger partial charge on any atom is 0.283 e. The zero-order valence-electron chi connectivity index (χ0n) is 11.8. The summed E-state index contributed by atoms with van der Waals surface area (Å²) in [5, 5.41) is 6.74. The molecule has 7 heteroatoms. The standard InChI is InChI=1S/C14H18N4O3/c1-2-20-7-8-21-13-6-4-3-5-10(13)11-9-12(18-17-11)14(19)16-15/h3-6,9H,2,7-8,15H2,1H3,(H,16,19)(H,17,18). The summed E-state index contributed by atoms with van der Waals surface area (Å²) in [6.45, 7) is 3.56. The topological polar surface area (TPSA) is 102 Å². The van der Waals surface area contributed by atoms with E-state index < -0.39 is 5.91 Å². The Morgan fingerprint density at radius 1 is 1.38 bits per heavy atom. The molecule has 1 aromatic heterocycles. The van der Waals surface area contributed by atoms with Gasteiger partial charge in [0.05, 0.1) is 12.3 Å². The van der Waals surface area contributed by atoms with Gasteiger partial charge in [-0.25, -0.2) is 5.84 Å². The van der Waals surface area contributed by atoms with E-state index in [2.05, 4.69) is 15.6 Å². The Bertz CT molecular complexity index is 597. The summed E-state index contributed by atoms with van der Waals surface area (Å²) in [5.41, 5.74) is 3.74. The Morgan fingerprint density at radius 3 is 2.95 bits per heavy atom. The third-order valence-electron chi connectivity index (χ3n) is 2.81. The molecule has 0 aliphatic heterocycles. The van der Waals surface area contributed by atoms with E-state index in [9.17, 15) is 4.79 Å². The molecule has 0 aliphatic carbocycles. The number of nitrogens with two attached hydrogens (primary N) is 1. The van der Waals surface area contributed by atoms with Crippen LogP contribution >= 0.6 is 0 Å². The van der Waals surface area contributed by atoms with Crippen molar-refractivity contribution in [2.24, 2.45) is 5.84 Å². The number of carbonyl (C=O) groups excluding carboxylic acids is 1. The van der Waals surface area contributed by atoms with E-state index in [-0.39, 0.29) is 5.69 Å². The lowest BCUT2D eigenvalue weighted by Gasteiger charge is -2.09. The molecule has 0 atom stereocenters. The molecule has 2 aromatic rings. The van der Waals surface area contributed by atoms with Crippen LogP contribution in [0, 0.1) is 0 Å². The number of aromatic amines is 1. The highest BCUT2D eigenvalue weighted by molar-refractivity contribution is 5.93. The van der Waals surface area contributed by atoms with E-state index in [4.69, 9.17) is 15.3 Å². The van der Waals surface area contributed by atoms with Crippen molar-refractivity contribution in [3.8, 4) is 17.0 Å². The highest BCUT2D eigenvalue weighted by Crippen LogP contribution is 2.28. The van der Waals surface area contributed by atoms with Crippen molar-refractivity contribution >= 4 is 5.91 Å². The fourth-order valence-corrected chi connectivity index (χ4v) is 1.81. The van der Waals surface area contributed by atoms with Crippen LogP contribution in [0.2, 0.25) is 0 Å². The molecule has 0 radical (unpaired) electrons. The van der Waals surface area contributed by atoms with Crippen LogP contribution in [0.1, 0.15) is 17.4 Å². The molecule has 21 heavy (non-hydrogen) atoms. The zero-order chi connectivity index (χ0) is 15.1. The Morgan fingerprint density at radius 2 is 2.19 bits per heavy atom. The fourth-order valence-electron chi connectivity index (χ4n) is 1.81. The molecule has 0 spiro atoms. The number of rotatable bonds is 7. The second-order valence-electron chi connectivity index (χ2n) is 4.18. The number of amides is 1. The average Bonchev–Trinajstić information content (AvgIpc) is 3.01. The molecule has 0 aliphatic rings. The second-order valence-corrected chi connectivity index (χ2v) is 4.18. The first kappa shape index (κ1) is 15.0. The molecular weight excluding hydrogens is 272 g/mol. The van der Waals surface area contributed by atoms with Gasteiger partial charge in [0.1, 0.15) is 18.1 Å². The van der Waals surface area contributed by atoms with Crippen LogP contribution in [0.5, 0.6) is 5.75 Å². The van der Waals surface area contributed by atoms with Gasteiger partial charge in [-0.3, -0.25) is 15.3 Å². The van der Waals surface area contributed by atoms with E-state index in [1.54, 1.807) is 6.07 Å². The molecule has 1 aromatic carbocycles. The Balaban J connectivity index is 2.15. The van der Waals surface area contributed by atoms with Crippen LogP contribution in [-0.4, -0.2) is 35.9 Å². The first-order chi connectivity index (χ1) is 10.3. The van der Waals surface area contributed by atoms with Gasteiger partial charge in [0.15, 0.2) is 0 Å². The average molecular weight is 290 g/mol. The number of nitrogens with one attached hydrogen (secondary N) is 2. The number of benzene rings is 1. The van der Waals surface area contributed by atoms with E-state index in [1.165, 1.54) is 0 Å². The number of aromatic nitrogens is 2.